The molecule has 1 aromatic heterocycles. The third-order valence-electron chi connectivity index (χ3n) is 5.54. The molecule has 0 bridgehead atoms. The second-order valence-corrected chi connectivity index (χ2v) is 7.17. The van der Waals surface area contributed by atoms with Gasteiger partial charge in [-0.15, -0.1) is 0 Å². The second-order valence-electron chi connectivity index (χ2n) is 7.17. The molecule has 2 amide bonds. The third-order valence-corrected chi connectivity index (χ3v) is 5.54. The lowest BCUT2D eigenvalue weighted by Crippen LogP contribution is -2.53. The summed E-state index contributed by atoms with van der Waals surface area (Å²) in [4.78, 5) is 31.8. The number of hydrogen-bond donors (Lipinski definition) is 1. The maximum Gasteiger partial charge on any atom is 0.232 e. The molecular weight excluding hydrogens is 338 g/mol. The zero-order valence-corrected chi connectivity index (χ0v) is 15.2. The summed E-state index contributed by atoms with van der Waals surface area (Å²) in [5.74, 6) is 0.0746. The highest BCUT2D eigenvalue weighted by atomic mass is 16.2. The number of benzene rings is 1. The van der Waals surface area contributed by atoms with Crippen molar-refractivity contribution in [1.82, 2.24) is 10.3 Å². The lowest BCUT2D eigenvalue weighted by molar-refractivity contribution is -0.132. The van der Waals surface area contributed by atoms with E-state index in [-0.39, 0.29) is 11.8 Å². The van der Waals surface area contributed by atoms with Crippen molar-refractivity contribution < 1.29 is 9.59 Å². The van der Waals surface area contributed by atoms with Gasteiger partial charge in [0.05, 0.1) is 5.41 Å². The molecule has 5 heteroatoms. The molecule has 1 fully saturated rings. The van der Waals surface area contributed by atoms with Crippen LogP contribution in [0.5, 0.6) is 0 Å². The number of anilines is 1. The molecule has 1 aliphatic carbocycles. The number of nitrogens with zero attached hydrogens (tertiary/aromatic N) is 2. The van der Waals surface area contributed by atoms with Crippen LogP contribution in [-0.2, 0) is 16.1 Å². The summed E-state index contributed by atoms with van der Waals surface area (Å²) < 4.78 is 0. The van der Waals surface area contributed by atoms with Gasteiger partial charge >= 0.3 is 0 Å². The van der Waals surface area contributed by atoms with Crippen molar-refractivity contribution in [2.75, 3.05) is 4.90 Å². The van der Waals surface area contributed by atoms with Crippen molar-refractivity contribution in [1.29, 1.82) is 0 Å². The van der Waals surface area contributed by atoms with E-state index in [1.165, 1.54) is 0 Å². The van der Waals surface area contributed by atoms with E-state index < -0.39 is 5.41 Å². The monoisotopic (exact) mass is 361 g/mol. The first-order valence-electron chi connectivity index (χ1n) is 9.46. The molecule has 1 unspecified atom stereocenters. The largest absolute Gasteiger partial charge is 0.351 e. The molecule has 5 nitrogen and oxygen atoms in total. The average Bonchev–Trinajstić information content (AvgIpc) is 2.73. The highest BCUT2D eigenvalue weighted by Gasteiger charge is 2.49. The number of nitrogens with one attached hydrogen (secondary N) is 1. The van der Waals surface area contributed by atoms with E-state index in [9.17, 15) is 9.59 Å². The van der Waals surface area contributed by atoms with Gasteiger partial charge < -0.3 is 5.32 Å². The van der Waals surface area contributed by atoms with Crippen LogP contribution in [0.2, 0.25) is 0 Å². The maximum absolute atomic E-state index is 13.3. The normalized spacial score (nSPS) is 22.0. The van der Waals surface area contributed by atoms with Crippen LogP contribution in [0.15, 0.2) is 66.6 Å². The number of hydrogen-bond acceptors (Lipinski definition) is 3. The summed E-state index contributed by atoms with van der Waals surface area (Å²) in [5.41, 5.74) is 2.07. The highest BCUT2D eigenvalue weighted by Crippen LogP contribution is 2.48. The summed E-state index contributed by atoms with van der Waals surface area (Å²) in [6.45, 7) is 0.468. The third kappa shape index (κ3) is 3.25. The van der Waals surface area contributed by atoms with Crippen LogP contribution < -0.4 is 10.2 Å². The van der Waals surface area contributed by atoms with Gasteiger partial charge in [0, 0.05) is 36.7 Å². The molecule has 1 atom stereocenters. The summed E-state index contributed by atoms with van der Waals surface area (Å²) in [6, 6.07) is 13.4. The number of carbonyl (C=O) groups excluding carboxylic acids is 2. The van der Waals surface area contributed by atoms with E-state index >= 15 is 0 Å². The minimum Gasteiger partial charge on any atom is -0.351 e. The number of carbonyl (C=O) groups is 2. The topological polar surface area (TPSA) is 62.3 Å². The quantitative estimate of drug-likeness (QED) is 0.905. The van der Waals surface area contributed by atoms with Gasteiger partial charge in [0.1, 0.15) is 0 Å². The first-order chi connectivity index (χ1) is 13.2. The molecule has 1 saturated heterocycles. The van der Waals surface area contributed by atoms with E-state index in [4.69, 9.17) is 0 Å². The highest BCUT2D eigenvalue weighted by molar-refractivity contribution is 6.02. The van der Waals surface area contributed by atoms with Gasteiger partial charge in [-0.2, -0.15) is 0 Å². The molecule has 1 aromatic carbocycles. The van der Waals surface area contributed by atoms with Gasteiger partial charge in [0.2, 0.25) is 11.8 Å². The number of pyridine rings is 1. The smallest absolute Gasteiger partial charge is 0.232 e. The molecule has 1 aliphatic heterocycles. The van der Waals surface area contributed by atoms with Crippen LogP contribution in [0.3, 0.4) is 0 Å². The molecular formula is C22H23N3O2. The van der Waals surface area contributed by atoms with E-state index in [2.05, 4.69) is 16.4 Å². The molecule has 2 aliphatic rings. The van der Waals surface area contributed by atoms with Gasteiger partial charge in [-0.05, 0) is 55.5 Å². The standard InChI is InChI=1S/C22H23N3O2/c26-20-9-13-22(21(27)24-16-17-10-14-23-15-11-17)12-5-4-8-19(22)25(20)18-6-2-1-3-7-18/h1-3,6-8,10-11,14-15H,4-5,9,12-13,16H2,(H,24,27). The second kappa shape index (κ2) is 7.35. The summed E-state index contributed by atoms with van der Waals surface area (Å²) in [7, 11) is 0. The number of allylic oxidation sites excluding steroid dienone is 1. The predicted molar refractivity (Wildman–Crippen MR) is 104 cm³/mol. The van der Waals surface area contributed by atoms with E-state index in [1.807, 2.05) is 42.5 Å². The van der Waals surface area contributed by atoms with Crippen molar-refractivity contribution in [2.24, 2.45) is 5.41 Å². The Kier molecular flexibility index (Phi) is 4.75. The fraction of sp³-hybridized carbons (Fsp3) is 0.318. The zero-order chi connectivity index (χ0) is 18.7. The molecule has 138 valence electrons. The Bertz CT molecular complexity index is 864. The van der Waals surface area contributed by atoms with Crippen LogP contribution in [0.4, 0.5) is 5.69 Å². The Balaban J connectivity index is 1.63. The van der Waals surface area contributed by atoms with Crippen molar-refractivity contribution >= 4 is 17.5 Å². The van der Waals surface area contributed by atoms with Crippen molar-refractivity contribution in [3.05, 3.63) is 72.2 Å². The number of para-hydroxylation sites is 1. The number of aromatic nitrogens is 1. The predicted octanol–water partition coefficient (Wildman–Crippen LogP) is 3.58. The first-order valence-corrected chi connectivity index (χ1v) is 9.46. The van der Waals surface area contributed by atoms with Crippen LogP contribution in [0, 0.1) is 5.41 Å². The Labute approximate surface area is 159 Å². The van der Waals surface area contributed by atoms with Gasteiger partial charge in [0.15, 0.2) is 0 Å². The van der Waals surface area contributed by atoms with Crippen LogP contribution in [-0.4, -0.2) is 16.8 Å². The fourth-order valence-corrected chi connectivity index (χ4v) is 4.15. The summed E-state index contributed by atoms with van der Waals surface area (Å²) in [5, 5.41) is 3.10. The molecule has 4 rings (SSSR count). The van der Waals surface area contributed by atoms with Crippen molar-refractivity contribution in [2.45, 2.75) is 38.6 Å². The number of fused-ring (bicyclic) bond motifs is 1. The number of piperidine rings is 1. The minimum absolute atomic E-state index is 0.0127. The first kappa shape index (κ1) is 17.5. The van der Waals surface area contributed by atoms with Gasteiger partial charge in [-0.1, -0.05) is 24.3 Å². The van der Waals surface area contributed by atoms with Gasteiger partial charge in [-0.25, -0.2) is 0 Å². The molecule has 1 N–H and O–H groups in total. The average molecular weight is 361 g/mol. The number of rotatable bonds is 4. The fourth-order valence-electron chi connectivity index (χ4n) is 4.15. The lowest BCUT2D eigenvalue weighted by atomic mass is 9.69. The summed E-state index contributed by atoms with van der Waals surface area (Å²) >= 11 is 0. The Morgan fingerprint density at radius 3 is 2.67 bits per heavy atom. The van der Waals surface area contributed by atoms with E-state index in [0.717, 1.165) is 36.2 Å². The van der Waals surface area contributed by atoms with Crippen LogP contribution in [0.25, 0.3) is 0 Å². The molecule has 0 saturated carbocycles. The molecule has 2 aromatic rings. The molecule has 2 heterocycles. The minimum atomic E-state index is -0.630. The van der Waals surface area contributed by atoms with Crippen molar-refractivity contribution in [3.63, 3.8) is 0 Å². The Morgan fingerprint density at radius 1 is 1.11 bits per heavy atom. The van der Waals surface area contributed by atoms with E-state index in [0.29, 0.717) is 19.4 Å². The van der Waals surface area contributed by atoms with Crippen LogP contribution in [0.1, 0.15) is 37.7 Å². The SMILES string of the molecule is O=C1CCC2(C(=O)NCc3ccncc3)CCCC=C2N1c1ccccc1. The molecule has 27 heavy (non-hydrogen) atoms. The Morgan fingerprint density at radius 2 is 1.89 bits per heavy atom. The lowest BCUT2D eigenvalue weighted by Gasteiger charge is -2.45. The summed E-state index contributed by atoms with van der Waals surface area (Å²) in [6.07, 6.45) is 9.12. The molecule has 0 spiro atoms. The van der Waals surface area contributed by atoms with Gasteiger partial charge in [-0.3, -0.25) is 19.5 Å². The number of amides is 2. The maximum atomic E-state index is 13.3. The van der Waals surface area contributed by atoms with E-state index in [1.54, 1.807) is 17.3 Å². The van der Waals surface area contributed by atoms with Gasteiger partial charge in [0.25, 0.3) is 0 Å². The van der Waals surface area contributed by atoms with Crippen LogP contribution >= 0.6 is 0 Å². The molecule has 0 radical (unpaired) electrons. The van der Waals surface area contributed by atoms with Crippen molar-refractivity contribution in [3.8, 4) is 0 Å². The zero-order valence-electron chi connectivity index (χ0n) is 15.2. The Hall–Kier alpha value is -2.95.